The van der Waals surface area contributed by atoms with E-state index in [4.69, 9.17) is 23.2 Å². The van der Waals surface area contributed by atoms with E-state index in [0.717, 1.165) is 5.52 Å². The second kappa shape index (κ2) is 7.63. The van der Waals surface area contributed by atoms with E-state index in [2.05, 4.69) is 25.2 Å². The number of nitrogens with one attached hydrogen (secondary N) is 3. The topological polar surface area (TPSA) is 122 Å². The zero-order chi connectivity index (χ0) is 21.5. The first-order valence-corrected chi connectivity index (χ1v) is 10.7. The Morgan fingerprint density at radius 1 is 1.13 bits per heavy atom. The first-order chi connectivity index (χ1) is 14.3. The van der Waals surface area contributed by atoms with Crippen LogP contribution in [0.1, 0.15) is 10.5 Å². The Hall–Kier alpha value is -3.08. The Bertz CT molecular complexity index is 1350. The Morgan fingerprint density at radius 2 is 1.87 bits per heavy atom. The first-order valence-electron chi connectivity index (χ1n) is 8.49. The molecule has 154 valence electrons. The van der Waals surface area contributed by atoms with Crippen LogP contribution in [0.4, 0.5) is 11.6 Å². The number of rotatable bonds is 5. The summed E-state index contributed by atoms with van der Waals surface area (Å²) in [6.45, 7) is 0. The summed E-state index contributed by atoms with van der Waals surface area (Å²) in [5, 5.41) is 10.2. The molecule has 0 saturated heterocycles. The number of aromatic amines is 1. The third kappa shape index (κ3) is 3.72. The minimum atomic E-state index is -3.84. The number of anilines is 2. The predicted molar refractivity (Wildman–Crippen MR) is 115 cm³/mol. The first kappa shape index (κ1) is 20.2. The molecule has 4 aromatic rings. The van der Waals surface area contributed by atoms with E-state index < -0.39 is 10.0 Å². The molecule has 0 atom stereocenters. The fourth-order valence-corrected chi connectivity index (χ4v) is 4.26. The number of amides is 1. The van der Waals surface area contributed by atoms with Gasteiger partial charge in [0.25, 0.3) is 15.9 Å². The van der Waals surface area contributed by atoms with Crippen molar-refractivity contribution < 1.29 is 13.2 Å². The minimum Gasteiger partial charge on any atom is -0.340 e. The molecule has 0 radical (unpaired) electrons. The molecule has 0 unspecified atom stereocenters. The summed E-state index contributed by atoms with van der Waals surface area (Å²) in [6, 6.07) is 10.8. The predicted octanol–water partition coefficient (Wildman–Crippen LogP) is 3.66. The molecule has 0 aliphatic rings. The standard InChI is InChI=1S/C18H14Cl2N6O3S/c1-26-14-7-6-13(19)16(20)12(14)8-15(26)17(27)23-10-2-4-11(5-3-10)30(28,29)25-18-21-9-22-24-18/h2-9H,1H3,(H,23,27)(H2,21,22,24,25). The highest BCUT2D eigenvalue weighted by atomic mass is 35.5. The number of benzene rings is 2. The number of halogens is 2. The van der Waals surface area contributed by atoms with E-state index >= 15 is 0 Å². The molecule has 2 heterocycles. The van der Waals surface area contributed by atoms with Gasteiger partial charge in [-0.25, -0.2) is 18.2 Å². The number of aryl methyl sites for hydroxylation is 1. The van der Waals surface area contributed by atoms with Gasteiger partial charge in [0.2, 0.25) is 5.95 Å². The SMILES string of the molecule is Cn1c(C(=O)Nc2ccc(S(=O)(=O)Nc3ncn[nH]3)cc2)cc2c(Cl)c(Cl)ccc21. The number of carbonyl (C=O) groups is 1. The smallest absolute Gasteiger partial charge is 0.272 e. The van der Waals surface area contributed by atoms with Crippen LogP contribution in [0.2, 0.25) is 10.0 Å². The van der Waals surface area contributed by atoms with Crippen LogP contribution in [-0.2, 0) is 17.1 Å². The van der Waals surface area contributed by atoms with Gasteiger partial charge >= 0.3 is 0 Å². The number of H-pyrrole nitrogens is 1. The van der Waals surface area contributed by atoms with Crippen LogP contribution in [0.3, 0.4) is 0 Å². The molecule has 3 N–H and O–H groups in total. The van der Waals surface area contributed by atoms with Crippen molar-refractivity contribution in [3.05, 3.63) is 64.5 Å². The fourth-order valence-electron chi connectivity index (χ4n) is 2.92. The molecule has 0 fully saturated rings. The number of carbonyl (C=O) groups excluding carboxylic acids is 1. The molecule has 30 heavy (non-hydrogen) atoms. The maximum atomic E-state index is 12.7. The number of aromatic nitrogens is 4. The maximum Gasteiger partial charge on any atom is 0.272 e. The van der Waals surface area contributed by atoms with Gasteiger partial charge in [-0.3, -0.25) is 4.79 Å². The molecule has 9 nitrogen and oxygen atoms in total. The molecule has 0 aliphatic heterocycles. The quantitative estimate of drug-likeness (QED) is 0.415. The van der Waals surface area contributed by atoms with Crippen molar-refractivity contribution in [2.45, 2.75) is 4.90 Å². The third-order valence-corrected chi connectivity index (χ3v) is 6.59. The maximum absolute atomic E-state index is 12.7. The average Bonchev–Trinajstić information content (AvgIpc) is 3.33. The summed E-state index contributed by atoms with van der Waals surface area (Å²) in [4.78, 5) is 16.5. The summed E-state index contributed by atoms with van der Waals surface area (Å²) >= 11 is 12.3. The van der Waals surface area contributed by atoms with Crippen LogP contribution < -0.4 is 10.0 Å². The lowest BCUT2D eigenvalue weighted by Crippen LogP contribution is -2.16. The van der Waals surface area contributed by atoms with E-state index in [1.165, 1.54) is 30.6 Å². The number of nitrogens with zero attached hydrogens (tertiary/aromatic N) is 3. The summed E-state index contributed by atoms with van der Waals surface area (Å²) in [5.74, 6) is -0.377. The summed E-state index contributed by atoms with van der Waals surface area (Å²) < 4.78 is 28.7. The van der Waals surface area contributed by atoms with Crippen molar-refractivity contribution >= 4 is 61.7 Å². The van der Waals surface area contributed by atoms with Crippen LogP contribution >= 0.6 is 23.2 Å². The minimum absolute atomic E-state index is 0.00178. The highest BCUT2D eigenvalue weighted by molar-refractivity contribution is 7.92. The van der Waals surface area contributed by atoms with Gasteiger partial charge in [0.15, 0.2) is 0 Å². The second-order valence-electron chi connectivity index (χ2n) is 6.30. The van der Waals surface area contributed by atoms with Crippen LogP contribution in [-0.4, -0.2) is 34.1 Å². The van der Waals surface area contributed by atoms with Crippen molar-refractivity contribution in [1.29, 1.82) is 0 Å². The van der Waals surface area contributed by atoms with Gasteiger partial charge < -0.3 is 9.88 Å². The molecule has 4 rings (SSSR count). The Kier molecular flexibility index (Phi) is 5.14. The zero-order valence-electron chi connectivity index (χ0n) is 15.3. The van der Waals surface area contributed by atoms with Crippen LogP contribution in [0.5, 0.6) is 0 Å². The Morgan fingerprint density at radius 3 is 2.53 bits per heavy atom. The van der Waals surface area contributed by atoms with Gasteiger partial charge in [0, 0.05) is 23.6 Å². The van der Waals surface area contributed by atoms with E-state index in [-0.39, 0.29) is 16.8 Å². The number of fused-ring (bicyclic) bond motifs is 1. The highest BCUT2D eigenvalue weighted by Crippen LogP contribution is 2.32. The van der Waals surface area contributed by atoms with Gasteiger partial charge in [0.05, 0.1) is 14.9 Å². The fraction of sp³-hybridized carbons (Fsp3) is 0.0556. The molecular formula is C18H14Cl2N6O3S. The molecular weight excluding hydrogens is 451 g/mol. The average molecular weight is 465 g/mol. The Balaban J connectivity index is 1.55. The molecule has 12 heteroatoms. The van der Waals surface area contributed by atoms with Crippen molar-refractivity contribution in [3.8, 4) is 0 Å². The van der Waals surface area contributed by atoms with Crippen LogP contribution in [0.15, 0.2) is 53.7 Å². The summed E-state index contributed by atoms with van der Waals surface area (Å²) in [6.07, 6.45) is 1.19. The third-order valence-electron chi connectivity index (χ3n) is 4.41. The normalized spacial score (nSPS) is 11.6. The van der Waals surface area contributed by atoms with Gasteiger partial charge in [-0.05, 0) is 42.5 Å². The van der Waals surface area contributed by atoms with E-state index in [1.807, 2.05) is 0 Å². The van der Waals surface area contributed by atoms with E-state index in [9.17, 15) is 13.2 Å². The lowest BCUT2D eigenvalue weighted by Gasteiger charge is -2.08. The molecule has 0 aliphatic carbocycles. The molecule has 2 aromatic heterocycles. The van der Waals surface area contributed by atoms with E-state index in [0.29, 0.717) is 26.8 Å². The highest BCUT2D eigenvalue weighted by Gasteiger charge is 2.18. The number of sulfonamides is 1. The van der Waals surface area contributed by atoms with Crippen molar-refractivity contribution in [1.82, 2.24) is 19.7 Å². The van der Waals surface area contributed by atoms with Gasteiger partial charge in [0.1, 0.15) is 12.0 Å². The number of hydrogen-bond acceptors (Lipinski definition) is 5. The lowest BCUT2D eigenvalue weighted by molar-refractivity contribution is 0.101. The van der Waals surface area contributed by atoms with Crippen molar-refractivity contribution in [2.75, 3.05) is 10.0 Å². The summed E-state index contributed by atoms with van der Waals surface area (Å²) in [7, 11) is -2.10. The molecule has 0 spiro atoms. The van der Waals surface area contributed by atoms with Crippen molar-refractivity contribution in [2.24, 2.45) is 7.05 Å². The van der Waals surface area contributed by atoms with Crippen LogP contribution in [0, 0.1) is 0 Å². The lowest BCUT2D eigenvalue weighted by atomic mass is 10.2. The van der Waals surface area contributed by atoms with Gasteiger partial charge in [-0.2, -0.15) is 10.1 Å². The number of hydrogen-bond donors (Lipinski definition) is 3. The van der Waals surface area contributed by atoms with Crippen LogP contribution in [0.25, 0.3) is 10.9 Å². The zero-order valence-corrected chi connectivity index (χ0v) is 17.7. The monoisotopic (exact) mass is 464 g/mol. The van der Waals surface area contributed by atoms with Gasteiger partial charge in [-0.15, -0.1) is 0 Å². The largest absolute Gasteiger partial charge is 0.340 e. The molecule has 1 amide bonds. The molecule has 0 bridgehead atoms. The van der Waals surface area contributed by atoms with Crippen molar-refractivity contribution in [3.63, 3.8) is 0 Å². The van der Waals surface area contributed by atoms with E-state index in [1.54, 1.807) is 29.8 Å². The van der Waals surface area contributed by atoms with Gasteiger partial charge in [-0.1, -0.05) is 23.2 Å². The summed E-state index contributed by atoms with van der Waals surface area (Å²) in [5.41, 5.74) is 1.56. The molecule has 0 saturated carbocycles. The second-order valence-corrected chi connectivity index (χ2v) is 8.77. The molecule has 2 aromatic carbocycles. The Labute approximate surface area is 181 Å².